The molecule has 1 fully saturated rings. The van der Waals surface area contributed by atoms with Crippen molar-refractivity contribution in [3.05, 3.63) is 33.1 Å². The average molecular weight is 242 g/mol. The predicted molar refractivity (Wildman–Crippen MR) is 56.4 cm³/mol. The molecule has 0 unspecified atom stereocenters. The molecule has 16 heavy (non-hydrogen) atoms. The summed E-state index contributed by atoms with van der Waals surface area (Å²) in [5.41, 5.74) is -0.376. The smallest absolute Gasteiger partial charge is 0.300 e. The highest BCUT2D eigenvalue weighted by atomic mass is 35.5. The number of carbonyl (C=O) groups is 1. The lowest BCUT2D eigenvalue weighted by atomic mass is 10.2. The molecular formula is C9H8ClN3O3. The standard InChI is InChI=1S/C9H8ClN3O3/c10-8-3-6(7(4-11-8)13(15)16)9(14)12-5-1-2-5/h3-5H,1-2H2,(H,12,14). The van der Waals surface area contributed by atoms with Crippen molar-refractivity contribution in [2.45, 2.75) is 18.9 Å². The van der Waals surface area contributed by atoms with Gasteiger partial charge in [-0.15, -0.1) is 0 Å². The van der Waals surface area contributed by atoms with Gasteiger partial charge in [0.15, 0.2) is 0 Å². The van der Waals surface area contributed by atoms with E-state index in [2.05, 4.69) is 10.3 Å². The van der Waals surface area contributed by atoms with Crippen LogP contribution in [-0.2, 0) is 0 Å². The van der Waals surface area contributed by atoms with Crippen LogP contribution in [0.15, 0.2) is 12.3 Å². The summed E-state index contributed by atoms with van der Waals surface area (Å²) in [5, 5.41) is 13.4. The van der Waals surface area contributed by atoms with Crippen molar-refractivity contribution in [3.8, 4) is 0 Å². The third-order valence-corrected chi connectivity index (χ3v) is 2.41. The predicted octanol–water partition coefficient (Wildman–Crippen LogP) is 1.54. The Morgan fingerprint density at radius 1 is 1.62 bits per heavy atom. The largest absolute Gasteiger partial charge is 0.349 e. The van der Waals surface area contributed by atoms with Crippen LogP contribution in [0, 0.1) is 10.1 Å². The summed E-state index contributed by atoms with van der Waals surface area (Å²) in [5.74, 6) is -0.474. The summed E-state index contributed by atoms with van der Waals surface area (Å²) in [6, 6.07) is 1.34. The number of nitrogens with zero attached hydrogens (tertiary/aromatic N) is 2. The monoisotopic (exact) mass is 241 g/mol. The van der Waals surface area contributed by atoms with Gasteiger partial charge < -0.3 is 5.32 Å². The zero-order chi connectivity index (χ0) is 11.7. The van der Waals surface area contributed by atoms with Crippen LogP contribution in [0.5, 0.6) is 0 Å². The first-order valence-corrected chi connectivity index (χ1v) is 5.06. The minimum absolute atomic E-state index is 0.0445. The second-order valence-electron chi connectivity index (χ2n) is 3.53. The van der Waals surface area contributed by atoms with Crippen LogP contribution in [0.4, 0.5) is 5.69 Å². The Hall–Kier alpha value is -1.69. The third-order valence-electron chi connectivity index (χ3n) is 2.20. The van der Waals surface area contributed by atoms with Crippen LogP contribution in [0.25, 0.3) is 0 Å². The summed E-state index contributed by atoms with van der Waals surface area (Å²) in [6.45, 7) is 0. The Balaban J connectivity index is 2.31. The van der Waals surface area contributed by atoms with Gasteiger partial charge in [0.2, 0.25) is 0 Å². The lowest BCUT2D eigenvalue weighted by molar-refractivity contribution is -0.385. The van der Waals surface area contributed by atoms with Crippen LogP contribution in [-0.4, -0.2) is 21.9 Å². The van der Waals surface area contributed by atoms with Crippen LogP contribution < -0.4 is 5.32 Å². The van der Waals surface area contributed by atoms with Gasteiger partial charge in [-0.2, -0.15) is 0 Å². The number of hydrogen-bond acceptors (Lipinski definition) is 4. The quantitative estimate of drug-likeness (QED) is 0.494. The Kier molecular flexibility index (Phi) is 2.74. The van der Waals surface area contributed by atoms with Crippen molar-refractivity contribution in [1.82, 2.24) is 10.3 Å². The lowest BCUT2D eigenvalue weighted by Gasteiger charge is -2.03. The second kappa shape index (κ2) is 4.05. The number of rotatable bonds is 3. The first-order valence-electron chi connectivity index (χ1n) is 4.68. The number of nitro groups is 1. The fourth-order valence-corrected chi connectivity index (χ4v) is 1.40. The van der Waals surface area contributed by atoms with E-state index in [4.69, 9.17) is 11.6 Å². The highest BCUT2D eigenvalue weighted by Gasteiger charge is 2.27. The molecule has 0 aromatic carbocycles. The zero-order valence-corrected chi connectivity index (χ0v) is 8.90. The first-order chi connectivity index (χ1) is 7.58. The number of amides is 1. The minimum Gasteiger partial charge on any atom is -0.349 e. The van der Waals surface area contributed by atoms with Crippen molar-refractivity contribution in [1.29, 1.82) is 0 Å². The maximum atomic E-state index is 11.7. The Bertz CT molecular complexity index is 459. The summed E-state index contributed by atoms with van der Waals surface area (Å²) >= 11 is 5.60. The molecule has 2 rings (SSSR count). The number of aromatic nitrogens is 1. The molecule has 1 aromatic heterocycles. The minimum atomic E-state index is -0.648. The molecule has 6 nitrogen and oxygen atoms in total. The molecule has 0 spiro atoms. The highest BCUT2D eigenvalue weighted by Crippen LogP contribution is 2.23. The third kappa shape index (κ3) is 2.27. The van der Waals surface area contributed by atoms with E-state index in [0.29, 0.717) is 0 Å². The van der Waals surface area contributed by atoms with E-state index in [9.17, 15) is 14.9 Å². The normalized spacial score (nSPS) is 14.6. The van der Waals surface area contributed by atoms with Crippen molar-refractivity contribution < 1.29 is 9.72 Å². The number of carbonyl (C=O) groups excluding carboxylic acids is 1. The Morgan fingerprint density at radius 2 is 2.31 bits per heavy atom. The summed E-state index contributed by atoms with van der Waals surface area (Å²) < 4.78 is 0. The van der Waals surface area contributed by atoms with Gasteiger partial charge in [0, 0.05) is 6.04 Å². The summed E-state index contributed by atoms with van der Waals surface area (Å²) in [7, 11) is 0. The molecule has 1 aliphatic carbocycles. The van der Waals surface area contributed by atoms with Gasteiger partial charge >= 0.3 is 0 Å². The molecule has 1 aliphatic rings. The maximum absolute atomic E-state index is 11.7. The SMILES string of the molecule is O=C(NC1CC1)c1cc(Cl)ncc1[N+](=O)[O-]. The van der Waals surface area contributed by atoms with E-state index in [-0.39, 0.29) is 22.4 Å². The van der Waals surface area contributed by atoms with Gasteiger partial charge in [-0.05, 0) is 18.9 Å². The van der Waals surface area contributed by atoms with Crippen molar-refractivity contribution >= 4 is 23.2 Å². The molecule has 0 saturated heterocycles. The highest BCUT2D eigenvalue weighted by molar-refractivity contribution is 6.29. The number of halogens is 1. The van der Waals surface area contributed by atoms with Crippen molar-refractivity contribution in [2.24, 2.45) is 0 Å². The number of pyridine rings is 1. The molecule has 1 amide bonds. The number of nitrogens with one attached hydrogen (secondary N) is 1. The van der Waals surface area contributed by atoms with E-state index >= 15 is 0 Å². The van der Waals surface area contributed by atoms with E-state index in [1.54, 1.807) is 0 Å². The van der Waals surface area contributed by atoms with E-state index in [0.717, 1.165) is 19.0 Å². The van der Waals surface area contributed by atoms with E-state index < -0.39 is 10.8 Å². The van der Waals surface area contributed by atoms with E-state index in [1.165, 1.54) is 6.07 Å². The Labute approximate surface area is 95.8 Å². The molecule has 7 heteroatoms. The van der Waals surface area contributed by atoms with Gasteiger partial charge in [0.05, 0.1) is 4.92 Å². The van der Waals surface area contributed by atoms with Gasteiger partial charge in [0.25, 0.3) is 11.6 Å². The molecule has 0 aliphatic heterocycles. The van der Waals surface area contributed by atoms with Crippen LogP contribution in [0.2, 0.25) is 5.15 Å². The van der Waals surface area contributed by atoms with Crippen LogP contribution >= 0.6 is 11.6 Å². The molecule has 0 radical (unpaired) electrons. The van der Waals surface area contributed by atoms with Gasteiger partial charge in [-0.3, -0.25) is 14.9 Å². The lowest BCUT2D eigenvalue weighted by Crippen LogP contribution is -2.26. The van der Waals surface area contributed by atoms with Crippen molar-refractivity contribution in [2.75, 3.05) is 0 Å². The van der Waals surface area contributed by atoms with Crippen molar-refractivity contribution in [3.63, 3.8) is 0 Å². The first kappa shape index (κ1) is 10.8. The molecule has 1 heterocycles. The van der Waals surface area contributed by atoms with Crippen LogP contribution in [0.3, 0.4) is 0 Å². The molecule has 0 atom stereocenters. The molecular weight excluding hydrogens is 234 g/mol. The molecule has 0 bridgehead atoms. The van der Waals surface area contributed by atoms with Crippen LogP contribution in [0.1, 0.15) is 23.2 Å². The Morgan fingerprint density at radius 3 is 2.88 bits per heavy atom. The zero-order valence-electron chi connectivity index (χ0n) is 8.14. The fraction of sp³-hybridized carbons (Fsp3) is 0.333. The molecule has 1 N–H and O–H groups in total. The average Bonchev–Trinajstić information content (AvgIpc) is 3.01. The fourth-order valence-electron chi connectivity index (χ4n) is 1.24. The summed E-state index contributed by atoms with van der Waals surface area (Å²) in [4.78, 5) is 25.3. The number of hydrogen-bond donors (Lipinski definition) is 1. The van der Waals surface area contributed by atoms with Gasteiger partial charge in [0.1, 0.15) is 16.9 Å². The maximum Gasteiger partial charge on any atom is 0.300 e. The molecule has 1 saturated carbocycles. The topological polar surface area (TPSA) is 85.1 Å². The summed E-state index contributed by atoms with van der Waals surface area (Å²) in [6.07, 6.45) is 2.82. The van der Waals surface area contributed by atoms with Gasteiger partial charge in [-0.1, -0.05) is 11.6 Å². The van der Waals surface area contributed by atoms with E-state index in [1.807, 2.05) is 0 Å². The second-order valence-corrected chi connectivity index (χ2v) is 3.92. The van der Waals surface area contributed by atoms with Gasteiger partial charge in [-0.25, -0.2) is 4.98 Å². The molecule has 84 valence electrons. The molecule has 1 aromatic rings.